The second kappa shape index (κ2) is 7.28. The van der Waals surface area contributed by atoms with E-state index in [2.05, 4.69) is 39.7 Å². The van der Waals surface area contributed by atoms with Crippen LogP contribution in [0.5, 0.6) is 0 Å². The van der Waals surface area contributed by atoms with Crippen LogP contribution >= 0.6 is 11.8 Å². The third-order valence-corrected chi connectivity index (χ3v) is 3.67. The molecule has 0 radical (unpaired) electrons. The number of rotatable bonds is 7. The minimum atomic E-state index is 0.736. The minimum Gasteiger partial charge on any atom is -0.383 e. The lowest BCUT2D eigenvalue weighted by molar-refractivity contribution is 0.199. The van der Waals surface area contributed by atoms with Gasteiger partial charge in [-0.25, -0.2) is 9.67 Å². The van der Waals surface area contributed by atoms with Crippen LogP contribution in [-0.4, -0.2) is 35.0 Å². The zero-order valence-electron chi connectivity index (χ0n) is 11.2. The van der Waals surface area contributed by atoms with Crippen molar-refractivity contribution in [2.24, 2.45) is 7.05 Å². The molecule has 1 aromatic heterocycles. The van der Waals surface area contributed by atoms with E-state index >= 15 is 0 Å². The Labute approximate surface area is 117 Å². The molecule has 0 aliphatic rings. The van der Waals surface area contributed by atoms with Gasteiger partial charge in [-0.2, -0.15) is 5.10 Å². The quantitative estimate of drug-likeness (QED) is 0.781. The maximum absolute atomic E-state index is 4.99. The standard InChI is InChI=1S/C13H18N4OS/c1-17-13(15-10-16-17)19-12-5-3-11(4-6-12)9-14-7-8-18-2/h3-6,10,14H,7-9H2,1-2H3. The Morgan fingerprint density at radius 2 is 2.11 bits per heavy atom. The molecule has 0 saturated heterocycles. The predicted molar refractivity (Wildman–Crippen MR) is 75.2 cm³/mol. The van der Waals surface area contributed by atoms with Gasteiger partial charge < -0.3 is 10.1 Å². The molecule has 2 aromatic rings. The van der Waals surface area contributed by atoms with Crippen LogP contribution in [0.4, 0.5) is 0 Å². The molecule has 0 fully saturated rings. The number of ether oxygens (including phenoxy) is 1. The van der Waals surface area contributed by atoms with Crippen LogP contribution in [0.1, 0.15) is 5.56 Å². The van der Waals surface area contributed by atoms with Crippen molar-refractivity contribution >= 4 is 11.8 Å². The van der Waals surface area contributed by atoms with E-state index in [-0.39, 0.29) is 0 Å². The van der Waals surface area contributed by atoms with Gasteiger partial charge in [-0.3, -0.25) is 0 Å². The molecule has 0 aliphatic heterocycles. The number of methoxy groups -OCH3 is 1. The summed E-state index contributed by atoms with van der Waals surface area (Å²) in [5, 5.41) is 8.26. The first-order chi connectivity index (χ1) is 9.29. The topological polar surface area (TPSA) is 52.0 Å². The molecule has 5 nitrogen and oxygen atoms in total. The summed E-state index contributed by atoms with van der Waals surface area (Å²) in [6.45, 7) is 2.46. The summed E-state index contributed by atoms with van der Waals surface area (Å²) in [6.07, 6.45) is 1.57. The molecule has 0 amide bonds. The van der Waals surface area contributed by atoms with Gasteiger partial charge in [0.25, 0.3) is 0 Å². The Morgan fingerprint density at radius 1 is 1.32 bits per heavy atom. The lowest BCUT2D eigenvalue weighted by atomic mass is 10.2. The summed E-state index contributed by atoms with van der Waals surface area (Å²) in [7, 11) is 3.60. The Balaban J connectivity index is 1.86. The van der Waals surface area contributed by atoms with Gasteiger partial charge >= 0.3 is 0 Å². The van der Waals surface area contributed by atoms with Crippen LogP contribution < -0.4 is 5.32 Å². The Hall–Kier alpha value is -1.37. The average Bonchev–Trinajstić information content (AvgIpc) is 2.82. The van der Waals surface area contributed by atoms with E-state index in [0.717, 1.165) is 29.7 Å². The average molecular weight is 278 g/mol. The fourth-order valence-electron chi connectivity index (χ4n) is 1.57. The molecule has 102 valence electrons. The maximum atomic E-state index is 4.99. The first kappa shape index (κ1) is 14.0. The summed E-state index contributed by atoms with van der Waals surface area (Å²) in [5.74, 6) is 0. The molecular weight excluding hydrogens is 260 g/mol. The van der Waals surface area contributed by atoms with E-state index in [4.69, 9.17) is 4.74 Å². The van der Waals surface area contributed by atoms with Crippen LogP contribution in [0.3, 0.4) is 0 Å². The zero-order valence-corrected chi connectivity index (χ0v) is 12.0. The summed E-state index contributed by atoms with van der Waals surface area (Å²) < 4.78 is 6.76. The molecule has 19 heavy (non-hydrogen) atoms. The highest BCUT2D eigenvalue weighted by molar-refractivity contribution is 7.99. The van der Waals surface area contributed by atoms with E-state index < -0.39 is 0 Å². The van der Waals surface area contributed by atoms with Gasteiger partial charge in [-0.1, -0.05) is 23.9 Å². The molecule has 2 rings (SSSR count). The van der Waals surface area contributed by atoms with Crippen LogP contribution in [0.15, 0.2) is 40.6 Å². The van der Waals surface area contributed by atoms with Crippen molar-refractivity contribution in [1.29, 1.82) is 0 Å². The summed E-state index contributed by atoms with van der Waals surface area (Å²) in [4.78, 5) is 5.36. The molecule has 6 heteroatoms. The summed E-state index contributed by atoms with van der Waals surface area (Å²) in [6, 6.07) is 8.45. The summed E-state index contributed by atoms with van der Waals surface area (Å²) in [5.41, 5.74) is 1.26. The molecule has 1 heterocycles. The van der Waals surface area contributed by atoms with E-state index in [9.17, 15) is 0 Å². The van der Waals surface area contributed by atoms with Crippen LogP contribution in [0, 0.1) is 0 Å². The highest BCUT2D eigenvalue weighted by Gasteiger charge is 2.03. The largest absolute Gasteiger partial charge is 0.383 e. The van der Waals surface area contributed by atoms with Crippen LogP contribution in [0.25, 0.3) is 0 Å². The number of hydrogen-bond acceptors (Lipinski definition) is 5. The highest BCUT2D eigenvalue weighted by Crippen LogP contribution is 2.25. The molecule has 1 N–H and O–H groups in total. The lowest BCUT2D eigenvalue weighted by Crippen LogP contribution is -2.18. The van der Waals surface area contributed by atoms with Gasteiger partial charge in [0.05, 0.1) is 6.61 Å². The molecule has 0 bridgehead atoms. The van der Waals surface area contributed by atoms with Gasteiger partial charge in [-0.15, -0.1) is 0 Å². The van der Waals surface area contributed by atoms with Gasteiger partial charge in [0.1, 0.15) is 6.33 Å². The molecule has 0 unspecified atom stereocenters. The first-order valence-electron chi connectivity index (χ1n) is 6.10. The van der Waals surface area contributed by atoms with E-state index in [1.165, 1.54) is 5.56 Å². The number of nitrogens with zero attached hydrogens (tertiary/aromatic N) is 3. The monoisotopic (exact) mass is 278 g/mol. The maximum Gasteiger partial charge on any atom is 0.190 e. The fourth-order valence-corrected chi connectivity index (χ4v) is 2.33. The molecule has 0 atom stereocenters. The third kappa shape index (κ3) is 4.34. The minimum absolute atomic E-state index is 0.736. The number of nitrogens with one attached hydrogen (secondary N) is 1. The summed E-state index contributed by atoms with van der Waals surface area (Å²) >= 11 is 1.61. The van der Waals surface area contributed by atoms with Crippen molar-refractivity contribution in [2.45, 2.75) is 16.6 Å². The molecule has 0 saturated carbocycles. The number of aromatic nitrogens is 3. The Morgan fingerprint density at radius 3 is 2.74 bits per heavy atom. The molecule has 0 spiro atoms. The van der Waals surface area contributed by atoms with Crippen molar-refractivity contribution in [3.8, 4) is 0 Å². The van der Waals surface area contributed by atoms with Gasteiger partial charge in [0, 0.05) is 32.1 Å². The smallest absolute Gasteiger partial charge is 0.190 e. The van der Waals surface area contributed by atoms with Crippen molar-refractivity contribution < 1.29 is 4.74 Å². The normalized spacial score (nSPS) is 10.8. The molecular formula is C13H18N4OS. The lowest BCUT2D eigenvalue weighted by Gasteiger charge is -2.05. The molecule has 1 aromatic carbocycles. The second-order valence-electron chi connectivity index (χ2n) is 4.08. The number of hydrogen-bond donors (Lipinski definition) is 1. The van der Waals surface area contributed by atoms with Crippen molar-refractivity contribution in [3.63, 3.8) is 0 Å². The fraction of sp³-hybridized carbons (Fsp3) is 0.385. The third-order valence-electron chi connectivity index (χ3n) is 2.61. The van der Waals surface area contributed by atoms with Crippen molar-refractivity contribution in [3.05, 3.63) is 36.2 Å². The van der Waals surface area contributed by atoms with E-state index in [1.54, 1.807) is 29.9 Å². The van der Waals surface area contributed by atoms with Crippen molar-refractivity contribution in [2.75, 3.05) is 20.3 Å². The van der Waals surface area contributed by atoms with Gasteiger partial charge in [0.2, 0.25) is 0 Å². The van der Waals surface area contributed by atoms with Gasteiger partial charge in [-0.05, 0) is 17.7 Å². The first-order valence-corrected chi connectivity index (χ1v) is 6.91. The zero-order chi connectivity index (χ0) is 13.5. The van der Waals surface area contributed by atoms with Gasteiger partial charge in [0.15, 0.2) is 5.16 Å². The Bertz CT molecular complexity index is 498. The number of benzene rings is 1. The predicted octanol–water partition coefficient (Wildman–Crippen LogP) is 1.70. The number of aryl methyl sites for hydroxylation is 1. The van der Waals surface area contributed by atoms with E-state index in [0.29, 0.717) is 0 Å². The molecule has 0 aliphatic carbocycles. The van der Waals surface area contributed by atoms with Crippen molar-refractivity contribution in [1.82, 2.24) is 20.1 Å². The van der Waals surface area contributed by atoms with E-state index in [1.807, 2.05) is 7.05 Å². The SMILES string of the molecule is COCCNCc1ccc(Sc2ncnn2C)cc1. The highest BCUT2D eigenvalue weighted by atomic mass is 32.2. The van der Waals surface area contributed by atoms with Crippen LogP contribution in [-0.2, 0) is 18.3 Å². The second-order valence-corrected chi connectivity index (χ2v) is 5.12. The van der Waals surface area contributed by atoms with Crippen LogP contribution in [0.2, 0.25) is 0 Å². The Kier molecular flexibility index (Phi) is 5.38.